The average Bonchev–Trinajstić information content (AvgIpc) is 2.65. The van der Waals surface area contributed by atoms with E-state index >= 15 is 0 Å². The number of aliphatic hydroxyl groups is 1. The Morgan fingerprint density at radius 3 is 2.24 bits per heavy atom. The number of aliphatic hydroxyl groups excluding tert-OH is 1. The second-order valence-corrected chi connectivity index (χ2v) is 4.80. The van der Waals surface area contributed by atoms with Gasteiger partial charge in [0.1, 0.15) is 0 Å². The lowest BCUT2D eigenvalue weighted by Gasteiger charge is -2.33. The van der Waals surface area contributed by atoms with Crippen LogP contribution in [0.1, 0.15) is 32.6 Å². The quantitative estimate of drug-likeness (QED) is 0.693. The predicted molar refractivity (Wildman–Crippen MR) is 55.1 cm³/mol. The number of nitrogens with two attached hydrogens (primary N) is 1. The van der Waals surface area contributed by atoms with E-state index in [9.17, 15) is 23.1 Å². The first-order valence-electron chi connectivity index (χ1n) is 5.44. The van der Waals surface area contributed by atoms with Crippen LogP contribution in [-0.2, 0) is 4.79 Å². The lowest BCUT2D eigenvalue weighted by atomic mass is 9.95. The Balaban J connectivity index is 2.78. The molecule has 0 saturated heterocycles. The maximum atomic E-state index is 12.5. The highest BCUT2D eigenvalue weighted by molar-refractivity contribution is 5.87. The van der Waals surface area contributed by atoms with Crippen LogP contribution in [-0.4, -0.2) is 34.9 Å². The third kappa shape index (κ3) is 2.71. The van der Waals surface area contributed by atoms with Crippen LogP contribution in [0.2, 0.25) is 0 Å². The van der Waals surface area contributed by atoms with Gasteiger partial charge < -0.3 is 16.2 Å². The molecular formula is C10H17F3N2O2. The highest BCUT2D eigenvalue weighted by Crippen LogP contribution is 2.32. The molecule has 1 aliphatic carbocycles. The molecule has 17 heavy (non-hydrogen) atoms. The summed E-state index contributed by atoms with van der Waals surface area (Å²) in [6.45, 7) is 0.259. The zero-order chi connectivity index (χ0) is 13.3. The topological polar surface area (TPSA) is 75.4 Å². The zero-order valence-corrected chi connectivity index (χ0v) is 9.60. The summed E-state index contributed by atoms with van der Waals surface area (Å²) in [6.07, 6.45) is -2.32. The monoisotopic (exact) mass is 254 g/mol. The number of nitrogens with one attached hydrogen (secondary N) is 1. The lowest BCUT2D eigenvalue weighted by molar-refractivity contribution is -0.188. The molecule has 1 amide bonds. The molecular weight excluding hydrogens is 237 g/mol. The Hall–Kier alpha value is -0.820. The zero-order valence-electron chi connectivity index (χ0n) is 9.60. The van der Waals surface area contributed by atoms with Crippen LogP contribution in [0.5, 0.6) is 0 Å². The summed E-state index contributed by atoms with van der Waals surface area (Å²) in [5.41, 5.74) is 1.14. The van der Waals surface area contributed by atoms with E-state index in [4.69, 9.17) is 5.73 Å². The van der Waals surface area contributed by atoms with Gasteiger partial charge >= 0.3 is 6.18 Å². The Labute approximate surface area is 97.4 Å². The van der Waals surface area contributed by atoms with Gasteiger partial charge in [0.2, 0.25) is 5.91 Å². The molecule has 1 aliphatic rings. The summed E-state index contributed by atoms with van der Waals surface area (Å²) in [4.78, 5) is 11.6. The first-order chi connectivity index (χ1) is 7.65. The molecule has 7 heteroatoms. The minimum absolute atomic E-state index is 0.368. The standard InChI is InChI=1S/C10H17F3N2O2/c1-8(14,10(11,12)13)7(17)15-9(6-16)4-2-3-5-9/h16H,2-6,14H2,1H3,(H,15,17). The maximum Gasteiger partial charge on any atom is 0.415 e. The fourth-order valence-electron chi connectivity index (χ4n) is 1.87. The van der Waals surface area contributed by atoms with Gasteiger partial charge in [-0.05, 0) is 19.8 Å². The van der Waals surface area contributed by atoms with Crippen molar-refractivity contribution in [2.24, 2.45) is 5.73 Å². The number of halogens is 3. The van der Waals surface area contributed by atoms with Crippen LogP contribution >= 0.6 is 0 Å². The van der Waals surface area contributed by atoms with E-state index in [1.165, 1.54) is 0 Å². The second-order valence-electron chi connectivity index (χ2n) is 4.80. The summed E-state index contributed by atoms with van der Waals surface area (Å²) in [5, 5.41) is 11.5. The van der Waals surface area contributed by atoms with Crippen molar-refractivity contribution in [3.63, 3.8) is 0 Å². The van der Waals surface area contributed by atoms with E-state index < -0.39 is 23.2 Å². The molecule has 4 N–H and O–H groups in total. The molecule has 0 bridgehead atoms. The maximum absolute atomic E-state index is 12.5. The highest BCUT2D eigenvalue weighted by Gasteiger charge is 2.55. The highest BCUT2D eigenvalue weighted by atomic mass is 19.4. The van der Waals surface area contributed by atoms with Crippen molar-refractivity contribution in [1.29, 1.82) is 0 Å². The molecule has 1 fully saturated rings. The molecule has 0 aromatic carbocycles. The Morgan fingerprint density at radius 1 is 1.41 bits per heavy atom. The average molecular weight is 254 g/mol. The van der Waals surface area contributed by atoms with Gasteiger partial charge in [-0.25, -0.2) is 0 Å². The third-order valence-corrected chi connectivity index (χ3v) is 3.30. The molecule has 0 aliphatic heterocycles. The Kier molecular flexibility index (Phi) is 3.73. The summed E-state index contributed by atoms with van der Waals surface area (Å²) < 4.78 is 37.6. The van der Waals surface area contributed by atoms with E-state index in [2.05, 4.69) is 5.32 Å². The summed E-state index contributed by atoms with van der Waals surface area (Å²) in [6, 6.07) is 0. The van der Waals surface area contributed by atoms with Crippen molar-refractivity contribution < 1.29 is 23.1 Å². The number of hydrogen-bond acceptors (Lipinski definition) is 3. The molecule has 0 aromatic heterocycles. The first kappa shape index (κ1) is 14.2. The van der Waals surface area contributed by atoms with Gasteiger partial charge in [0, 0.05) is 0 Å². The molecule has 0 spiro atoms. The fraction of sp³-hybridized carbons (Fsp3) is 0.900. The van der Waals surface area contributed by atoms with Gasteiger partial charge in [-0.1, -0.05) is 12.8 Å². The van der Waals surface area contributed by atoms with Crippen LogP contribution < -0.4 is 11.1 Å². The van der Waals surface area contributed by atoms with Gasteiger partial charge in [-0.15, -0.1) is 0 Å². The number of amides is 1. The number of hydrogen-bond donors (Lipinski definition) is 3. The van der Waals surface area contributed by atoms with Crippen LogP contribution in [0.3, 0.4) is 0 Å². The molecule has 1 saturated carbocycles. The van der Waals surface area contributed by atoms with Crippen molar-refractivity contribution in [2.75, 3.05) is 6.61 Å². The molecule has 0 radical (unpaired) electrons. The molecule has 4 nitrogen and oxygen atoms in total. The van der Waals surface area contributed by atoms with Gasteiger partial charge in [0.05, 0.1) is 12.1 Å². The van der Waals surface area contributed by atoms with E-state index in [0.29, 0.717) is 19.8 Å². The number of alkyl halides is 3. The van der Waals surface area contributed by atoms with E-state index in [1.54, 1.807) is 0 Å². The molecule has 1 rings (SSSR count). The van der Waals surface area contributed by atoms with Crippen molar-refractivity contribution >= 4 is 5.91 Å². The largest absolute Gasteiger partial charge is 0.415 e. The van der Waals surface area contributed by atoms with E-state index in [-0.39, 0.29) is 6.61 Å². The van der Waals surface area contributed by atoms with Gasteiger partial charge in [-0.3, -0.25) is 4.79 Å². The van der Waals surface area contributed by atoms with Crippen LogP contribution in [0, 0.1) is 0 Å². The predicted octanol–water partition coefficient (Wildman–Crippen LogP) is 0.687. The smallest absolute Gasteiger partial charge is 0.394 e. The van der Waals surface area contributed by atoms with Crippen LogP contribution in [0.25, 0.3) is 0 Å². The SMILES string of the molecule is CC(N)(C(=O)NC1(CO)CCCC1)C(F)(F)F. The summed E-state index contributed by atoms with van der Waals surface area (Å²) in [7, 11) is 0. The van der Waals surface area contributed by atoms with Gasteiger partial charge in [0.15, 0.2) is 5.54 Å². The van der Waals surface area contributed by atoms with Crippen LogP contribution in [0.15, 0.2) is 0 Å². The Bertz CT molecular complexity index is 296. The molecule has 100 valence electrons. The van der Waals surface area contributed by atoms with E-state index in [1.807, 2.05) is 0 Å². The van der Waals surface area contributed by atoms with Gasteiger partial charge in [0.25, 0.3) is 0 Å². The van der Waals surface area contributed by atoms with E-state index in [0.717, 1.165) is 12.8 Å². The summed E-state index contributed by atoms with van der Waals surface area (Å²) >= 11 is 0. The fourth-order valence-corrected chi connectivity index (χ4v) is 1.87. The van der Waals surface area contributed by atoms with Crippen LogP contribution in [0.4, 0.5) is 13.2 Å². The molecule has 0 heterocycles. The second kappa shape index (κ2) is 4.45. The number of carbonyl (C=O) groups excluding carboxylic acids is 1. The minimum Gasteiger partial charge on any atom is -0.394 e. The minimum atomic E-state index is -4.81. The first-order valence-corrected chi connectivity index (χ1v) is 5.44. The summed E-state index contributed by atoms with van der Waals surface area (Å²) in [5.74, 6) is -1.29. The van der Waals surface area contributed by atoms with Crippen molar-refractivity contribution in [1.82, 2.24) is 5.32 Å². The van der Waals surface area contributed by atoms with Crippen molar-refractivity contribution in [2.45, 2.75) is 49.9 Å². The third-order valence-electron chi connectivity index (χ3n) is 3.30. The molecule has 0 aromatic rings. The molecule has 1 atom stereocenters. The molecule has 1 unspecified atom stereocenters. The number of rotatable bonds is 3. The normalized spacial score (nSPS) is 23.2. The van der Waals surface area contributed by atoms with Crippen molar-refractivity contribution in [3.05, 3.63) is 0 Å². The Morgan fingerprint density at radius 2 is 1.88 bits per heavy atom. The van der Waals surface area contributed by atoms with Crippen molar-refractivity contribution in [3.8, 4) is 0 Å². The lowest BCUT2D eigenvalue weighted by Crippen LogP contribution is -2.65. The number of carbonyl (C=O) groups is 1. The van der Waals surface area contributed by atoms with Gasteiger partial charge in [-0.2, -0.15) is 13.2 Å².